The van der Waals surface area contributed by atoms with Gasteiger partial charge in [-0.1, -0.05) is 0 Å². The van der Waals surface area contributed by atoms with Gasteiger partial charge in [0, 0.05) is 12.4 Å². The molecule has 2 rings (SSSR count). The Hall–Kier alpha value is -1.75. The Kier molecular flexibility index (Phi) is 2.01. The summed E-state index contributed by atoms with van der Waals surface area (Å²) >= 11 is 0. The number of carbonyl (C=O) groups excluding carboxylic acids is 1. The summed E-state index contributed by atoms with van der Waals surface area (Å²) in [5, 5.41) is 0. The second-order valence-electron chi connectivity index (χ2n) is 2.43. The van der Waals surface area contributed by atoms with E-state index in [9.17, 15) is 4.79 Å². The molecule has 13 heavy (non-hydrogen) atoms. The Balaban J connectivity index is 2.35. The molecule has 66 valence electrons. The Labute approximate surface area is 74.4 Å². The van der Waals surface area contributed by atoms with Gasteiger partial charge in [-0.05, 0) is 12.1 Å². The zero-order chi connectivity index (χ0) is 9.10. The Morgan fingerprint density at radius 2 is 2.15 bits per heavy atom. The third kappa shape index (κ3) is 1.54. The maximum absolute atomic E-state index is 11.2. The second-order valence-corrected chi connectivity index (χ2v) is 2.43. The van der Waals surface area contributed by atoms with Gasteiger partial charge < -0.3 is 0 Å². The molecule has 0 fully saturated rings. The van der Waals surface area contributed by atoms with Gasteiger partial charge in [0.05, 0.1) is 12.2 Å². The number of hydrogen-bond donors (Lipinski definition) is 1. The Bertz CT molecular complexity index is 348. The van der Waals surface area contributed by atoms with Crippen LogP contribution >= 0.6 is 0 Å². The van der Waals surface area contributed by atoms with E-state index in [1.807, 2.05) is 0 Å². The van der Waals surface area contributed by atoms with Gasteiger partial charge in [-0.15, -0.1) is 0 Å². The predicted molar refractivity (Wildman–Crippen MR) is 44.1 cm³/mol. The van der Waals surface area contributed by atoms with Crippen LogP contribution in [0, 0.1) is 0 Å². The van der Waals surface area contributed by atoms with Crippen LogP contribution in [-0.2, 0) is 9.63 Å². The summed E-state index contributed by atoms with van der Waals surface area (Å²) in [4.78, 5) is 23.8. The van der Waals surface area contributed by atoms with Gasteiger partial charge in [0.15, 0.2) is 5.82 Å². The molecule has 0 spiro atoms. The predicted octanol–water partition coefficient (Wildman–Crippen LogP) is -0.0786. The average Bonchev–Trinajstić information content (AvgIpc) is 2.20. The van der Waals surface area contributed by atoms with Crippen LogP contribution in [0.15, 0.2) is 24.5 Å². The number of hydrogen-bond acceptors (Lipinski definition) is 4. The highest BCUT2D eigenvalue weighted by molar-refractivity contribution is 6.18. The van der Waals surface area contributed by atoms with E-state index in [0.29, 0.717) is 18.0 Å². The average molecular weight is 177 g/mol. The van der Waals surface area contributed by atoms with Crippen LogP contribution in [0.2, 0.25) is 0 Å². The SMILES string of the molecule is O=C1NOCC=C1c1ncccn1. The number of amides is 1. The fraction of sp³-hybridized carbons (Fsp3) is 0.125. The first-order chi connectivity index (χ1) is 6.38. The molecule has 0 saturated heterocycles. The van der Waals surface area contributed by atoms with Crippen LogP contribution in [0.1, 0.15) is 5.82 Å². The van der Waals surface area contributed by atoms with Crippen LogP contribution in [-0.4, -0.2) is 22.5 Å². The normalized spacial score (nSPS) is 16.3. The number of rotatable bonds is 1. The molecular weight excluding hydrogens is 170 g/mol. The lowest BCUT2D eigenvalue weighted by molar-refractivity contribution is -0.127. The molecule has 1 aliphatic heterocycles. The van der Waals surface area contributed by atoms with Crippen LogP contribution in [0.5, 0.6) is 0 Å². The van der Waals surface area contributed by atoms with Crippen molar-refractivity contribution in [2.45, 2.75) is 0 Å². The quantitative estimate of drug-likeness (QED) is 0.651. The van der Waals surface area contributed by atoms with Crippen molar-refractivity contribution in [3.05, 3.63) is 30.4 Å². The zero-order valence-electron chi connectivity index (χ0n) is 6.73. The van der Waals surface area contributed by atoms with Crippen molar-refractivity contribution in [2.75, 3.05) is 6.61 Å². The van der Waals surface area contributed by atoms with E-state index in [4.69, 9.17) is 4.84 Å². The fourth-order valence-electron chi connectivity index (χ4n) is 1.01. The van der Waals surface area contributed by atoms with Crippen molar-refractivity contribution in [1.82, 2.24) is 15.4 Å². The Morgan fingerprint density at radius 1 is 1.38 bits per heavy atom. The van der Waals surface area contributed by atoms with Crippen molar-refractivity contribution < 1.29 is 9.63 Å². The second kappa shape index (κ2) is 3.32. The van der Waals surface area contributed by atoms with Gasteiger partial charge in [0.2, 0.25) is 0 Å². The van der Waals surface area contributed by atoms with Crippen LogP contribution in [0.3, 0.4) is 0 Å². The summed E-state index contributed by atoms with van der Waals surface area (Å²) in [6, 6.07) is 1.70. The lowest BCUT2D eigenvalue weighted by atomic mass is 10.2. The van der Waals surface area contributed by atoms with Crippen LogP contribution < -0.4 is 5.48 Å². The zero-order valence-corrected chi connectivity index (χ0v) is 6.73. The summed E-state index contributed by atoms with van der Waals surface area (Å²) in [7, 11) is 0. The monoisotopic (exact) mass is 177 g/mol. The molecular formula is C8H7N3O2. The molecule has 0 radical (unpaired) electrons. The largest absolute Gasteiger partial charge is 0.278 e. The van der Waals surface area contributed by atoms with Crippen molar-refractivity contribution in [3.63, 3.8) is 0 Å². The minimum Gasteiger partial charge on any atom is -0.269 e. The van der Waals surface area contributed by atoms with Gasteiger partial charge in [-0.3, -0.25) is 9.63 Å². The van der Waals surface area contributed by atoms with Crippen LogP contribution in [0.4, 0.5) is 0 Å². The molecule has 1 aliphatic rings. The van der Waals surface area contributed by atoms with Crippen molar-refractivity contribution >= 4 is 11.5 Å². The molecule has 1 N–H and O–H groups in total. The van der Waals surface area contributed by atoms with Gasteiger partial charge in [0.1, 0.15) is 0 Å². The van der Waals surface area contributed by atoms with Gasteiger partial charge in [-0.25, -0.2) is 15.4 Å². The lowest BCUT2D eigenvalue weighted by Crippen LogP contribution is -2.29. The van der Waals surface area contributed by atoms with Gasteiger partial charge >= 0.3 is 0 Å². The minimum atomic E-state index is -0.308. The molecule has 0 aromatic carbocycles. The molecule has 0 aliphatic carbocycles. The maximum atomic E-state index is 11.2. The number of aromatic nitrogens is 2. The molecule has 0 atom stereocenters. The van der Waals surface area contributed by atoms with Crippen LogP contribution in [0.25, 0.3) is 5.57 Å². The van der Waals surface area contributed by atoms with E-state index in [-0.39, 0.29) is 5.91 Å². The van der Waals surface area contributed by atoms with Gasteiger partial charge in [0.25, 0.3) is 5.91 Å². The molecule has 0 saturated carbocycles. The van der Waals surface area contributed by atoms with E-state index in [1.165, 1.54) is 0 Å². The number of hydroxylamine groups is 1. The smallest absolute Gasteiger partial charge is 0.269 e. The Morgan fingerprint density at radius 3 is 2.85 bits per heavy atom. The lowest BCUT2D eigenvalue weighted by Gasteiger charge is -2.11. The molecule has 2 heterocycles. The molecule has 1 aromatic heterocycles. The highest BCUT2D eigenvalue weighted by Crippen LogP contribution is 2.10. The third-order valence-corrected chi connectivity index (χ3v) is 1.59. The first-order valence-corrected chi connectivity index (χ1v) is 3.77. The summed E-state index contributed by atoms with van der Waals surface area (Å²) < 4.78 is 0. The van der Waals surface area contributed by atoms with Crippen molar-refractivity contribution in [2.24, 2.45) is 0 Å². The molecule has 0 unspecified atom stereocenters. The van der Waals surface area contributed by atoms with Crippen molar-refractivity contribution in [1.29, 1.82) is 0 Å². The summed E-state index contributed by atoms with van der Waals surface area (Å²) in [5.74, 6) is 0.112. The molecule has 0 bridgehead atoms. The summed E-state index contributed by atoms with van der Waals surface area (Å²) in [6.45, 7) is 0.347. The first kappa shape index (κ1) is 7.88. The van der Waals surface area contributed by atoms with E-state index in [2.05, 4.69) is 15.4 Å². The summed E-state index contributed by atoms with van der Waals surface area (Å²) in [6.07, 6.45) is 4.83. The standard InChI is InChI=1S/C8H7N3O2/c12-8-6(2-5-13-11-8)7-9-3-1-4-10-7/h1-4H,5H2,(H,11,12). The van der Waals surface area contributed by atoms with E-state index in [0.717, 1.165) is 0 Å². The number of nitrogens with one attached hydrogen (secondary N) is 1. The third-order valence-electron chi connectivity index (χ3n) is 1.59. The van der Waals surface area contributed by atoms with E-state index in [1.54, 1.807) is 24.5 Å². The van der Waals surface area contributed by atoms with Crippen molar-refractivity contribution in [3.8, 4) is 0 Å². The first-order valence-electron chi connectivity index (χ1n) is 3.77. The molecule has 5 nitrogen and oxygen atoms in total. The highest BCUT2D eigenvalue weighted by atomic mass is 16.7. The minimum absolute atomic E-state index is 0.308. The number of nitrogens with zero attached hydrogens (tertiary/aromatic N) is 2. The highest BCUT2D eigenvalue weighted by Gasteiger charge is 2.17. The fourth-order valence-corrected chi connectivity index (χ4v) is 1.01. The maximum Gasteiger partial charge on any atom is 0.278 e. The molecule has 5 heteroatoms. The van der Waals surface area contributed by atoms with E-state index >= 15 is 0 Å². The van der Waals surface area contributed by atoms with Gasteiger partial charge in [-0.2, -0.15) is 0 Å². The van der Waals surface area contributed by atoms with E-state index < -0.39 is 0 Å². The summed E-state index contributed by atoms with van der Waals surface area (Å²) in [5.41, 5.74) is 2.69. The molecule has 1 aromatic rings. The topological polar surface area (TPSA) is 64.1 Å². The number of carbonyl (C=O) groups is 1. The molecule has 1 amide bonds.